The summed E-state index contributed by atoms with van der Waals surface area (Å²) in [6, 6.07) is 2.11. The predicted molar refractivity (Wildman–Crippen MR) is 74.5 cm³/mol. The number of aryl methyl sites for hydroxylation is 1. The standard InChI is InChI=1S/C13H18BrN3/c1-8(2)13-11(4-5-15)17-7-10(14)9(3)6-12(17)16-13/h6-8H,4-5,15H2,1-3H3. The number of imidazole rings is 1. The Morgan fingerprint density at radius 2 is 2.18 bits per heavy atom. The van der Waals surface area contributed by atoms with Crippen LogP contribution in [0, 0.1) is 6.92 Å². The summed E-state index contributed by atoms with van der Waals surface area (Å²) in [7, 11) is 0. The van der Waals surface area contributed by atoms with Gasteiger partial charge in [0.1, 0.15) is 5.65 Å². The van der Waals surface area contributed by atoms with E-state index >= 15 is 0 Å². The minimum Gasteiger partial charge on any atom is -0.330 e. The van der Waals surface area contributed by atoms with E-state index in [2.05, 4.69) is 53.4 Å². The highest BCUT2D eigenvalue weighted by Crippen LogP contribution is 2.24. The van der Waals surface area contributed by atoms with Crippen LogP contribution in [0.25, 0.3) is 5.65 Å². The number of hydrogen-bond donors (Lipinski definition) is 1. The fourth-order valence-corrected chi connectivity index (χ4v) is 2.39. The molecule has 0 aliphatic rings. The molecule has 4 heteroatoms. The van der Waals surface area contributed by atoms with Crippen molar-refractivity contribution in [1.29, 1.82) is 0 Å². The highest BCUT2D eigenvalue weighted by atomic mass is 79.9. The summed E-state index contributed by atoms with van der Waals surface area (Å²) in [6.07, 6.45) is 2.96. The van der Waals surface area contributed by atoms with Crippen molar-refractivity contribution in [2.45, 2.75) is 33.1 Å². The molecule has 0 aliphatic heterocycles. The number of fused-ring (bicyclic) bond motifs is 1. The molecule has 3 nitrogen and oxygen atoms in total. The first-order chi connectivity index (χ1) is 8.04. The first kappa shape index (κ1) is 12.6. The van der Waals surface area contributed by atoms with Gasteiger partial charge in [-0.1, -0.05) is 13.8 Å². The van der Waals surface area contributed by atoms with Crippen molar-refractivity contribution in [2.75, 3.05) is 6.54 Å². The SMILES string of the molecule is Cc1cc2nc(C(C)C)c(CCN)n2cc1Br. The van der Waals surface area contributed by atoms with E-state index < -0.39 is 0 Å². The largest absolute Gasteiger partial charge is 0.330 e. The summed E-state index contributed by atoms with van der Waals surface area (Å²) in [5.74, 6) is 0.426. The second-order valence-electron chi connectivity index (χ2n) is 4.67. The fourth-order valence-electron chi connectivity index (χ4n) is 2.07. The summed E-state index contributed by atoms with van der Waals surface area (Å²) in [5, 5.41) is 0. The van der Waals surface area contributed by atoms with Crippen LogP contribution in [-0.4, -0.2) is 15.9 Å². The van der Waals surface area contributed by atoms with Gasteiger partial charge in [0.2, 0.25) is 0 Å². The lowest BCUT2D eigenvalue weighted by Gasteiger charge is -2.06. The van der Waals surface area contributed by atoms with E-state index in [1.165, 1.54) is 11.3 Å². The van der Waals surface area contributed by atoms with E-state index in [4.69, 9.17) is 10.7 Å². The molecule has 0 aromatic carbocycles. The van der Waals surface area contributed by atoms with Gasteiger partial charge in [-0.3, -0.25) is 0 Å². The van der Waals surface area contributed by atoms with Crippen molar-refractivity contribution in [1.82, 2.24) is 9.38 Å². The highest BCUT2D eigenvalue weighted by molar-refractivity contribution is 9.10. The number of hydrogen-bond acceptors (Lipinski definition) is 2. The van der Waals surface area contributed by atoms with Gasteiger partial charge >= 0.3 is 0 Å². The molecule has 2 heterocycles. The zero-order valence-electron chi connectivity index (χ0n) is 10.5. The van der Waals surface area contributed by atoms with Crippen molar-refractivity contribution in [3.8, 4) is 0 Å². The number of pyridine rings is 1. The van der Waals surface area contributed by atoms with Crippen LogP contribution in [0.2, 0.25) is 0 Å². The van der Waals surface area contributed by atoms with Gasteiger partial charge in [0.25, 0.3) is 0 Å². The molecule has 0 aliphatic carbocycles. The van der Waals surface area contributed by atoms with Crippen molar-refractivity contribution in [3.05, 3.63) is 33.7 Å². The Morgan fingerprint density at radius 3 is 2.76 bits per heavy atom. The number of halogens is 1. The lowest BCUT2D eigenvalue weighted by Crippen LogP contribution is -2.08. The molecule has 0 radical (unpaired) electrons. The second kappa shape index (κ2) is 4.78. The van der Waals surface area contributed by atoms with Gasteiger partial charge in [-0.15, -0.1) is 0 Å². The molecule has 0 saturated heterocycles. The van der Waals surface area contributed by atoms with E-state index in [1.54, 1.807) is 0 Å². The van der Waals surface area contributed by atoms with Crippen molar-refractivity contribution in [2.24, 2.45) is 5.73 Å². The van der Waals surface area contributed by atoms with Crippen LogP contribution in [0.1, 0.15) is 36.7 Å². The zero-order chi connectivity index (χ0) is 12.6. The average molecular weight is 296 g/mol. The molecule has 0 amide bonds. The maximum absolute atomic E-state index is 5.69. The van der Waals surface area contributed by atoms with Gasteiger partial charge in [-0.05, 0) is 46.9 Å². The molecule has 2 N–H and O–H groups in total. The minimum atomic E-state index is 0.426. The van der Waals surface area contributed by atoms with E-state index in [0.717, 1.165) is 22.2 Å². The van der Waals surface area contributed by atoms with Gasteiger partial charge in [-0.25, -0.2) is 4.98 Å². The molecular formula is C13H18BrN3. The zero-order valence-corrected chi connectivity index (χ0v) is 12.1. The van der Waals surface area contributed by atoms with Crippen LogP contribution in [0.3, 0.4) is 0 Å². The molecule has 0 saturated carbocycles. The average Bonchev–Trinajstić information content (AvgIpc) is 2.59. The third-order valence-electron chi connectivity index (χ3n) is 2.96. The minimum absolute atomic E-state index is 0.426. The molecule has 0 bridgehead atoms. The van der Waals surface area contributed by atoms with Gasteiger partial charge in [0.15, 0.2) is 0 Å². The number of nitrogens with two attached hydrogens (primary N) is 1. The molecular weight excluding hydrogens is 278 g/mol. The van der Waals surface area contributed by atoms with Crippen LogP contribution in [0.5, 0.6) is 0 Å². The van der Waals surface area contributed by atoms with Crippen LogP contribution >= 0.6 is 15.9 Å². The maximum atomic E-state index is 5.69. The highest BCUT2D eigenvalue weighted by Gasteiger charge is 2.15. The van der Waals surface area contributed by atoms with E-state index in [-0.39, 0.29) is 0 Å². The Morgan fingerprint density at radius 1 is 1.47 bits per heavy atom. The van der Waals surface area contributed by atoms with Crippen molar-refractivity contribution in [3.63, 3.8) is 0 Å². The lowest BCUT2D eigenvalue weighted by molar-refractivity contribution is 0.791. The number of nitrogens with zero attached hydrogens (tertiary/aromatic N) is 2. The Bertz CT molecular complexity index is 543. The number of aromatic nitrogens is 2. The Kier molecular flexibility index (Phi) is 3.54. The molecule has 0 fully saturated rings. The van der Waals surface area contributed by atoms with Gasteiger partial charge in [-0.2, -0.15) is 0 Å². The predicted octanol–water partition coefficient (Wildman–Crippen LogP) is 3.03. The van der Waals surface area contributed by atoms with Crippen LogP contribution < -0.4 is 5.73 Å². The molecule has 2 aromatic heterocycles. The van der Waals surface area contributed by atoms with Gasteiger partial charge < -0.3 is 10.1 Å². The summed E-state index contributed by atoms with van der Waals surface area (Å²) in [6.45, 7) is 7.07. The summed E-state index contributed by atoms with van der Waals surface area (Å²) in [4.78, 5) is 4.72. The van der Waals surface area contributed by atoms with E-state index in [1.807, 2.05) is 0 Å². The molecule has 17 heavy (non-hydrogen) atoms. The maximum Gasteiger partial charge on any atom is 0.137 e. The molecule has 92 valence electrons. The molecule has 0 unspecified atom stereocenters. The molecule has 0 spiro atoms. The third-order valence-corrected chi connectivity index (χ3v) is 3.79. The Balaban J connectivity index is 2.71. The van der Waals surface area contributed by atoms with E-state index in [9.17, 15) is 0 Å². The van der Waals surface area contributed by atoms with Crippen molar-refractivity contribution < 1.29 is 0 Å². The summed E-state index contributed by atoms with van der Waals surface area (Å²) in [5.41, 5.74) is 10.3. The molecule has 0 atom stereocenters. The third kappa shape index (κ3) is 2.24. The first-order valence-electron chi connectivity index (χ1n) is 5.91. The fraction of sp³-hybridized carbons (Fsp3) is 0.462. The van der Waals surface area contributed by atoms with Crippen molar-refractivity contribution >= 4 is 21.6 Å². The smallest absolute Gasteiger partial charge is 0.137 e. The van der Waals surface area contributed by atoms with E-state index in [0.29, 0.717) is 12.5 Å². The quantitative estimate of drug-likeness (QED) is 0.946. The molecule has 2 rings (SSSR count). The topological polar surface area (TPSA) is 43.3 Å². The number of rotatable bonds is 3. The second-order valence-corrected chi connectivity index (χ2v) is 5.52. The molecule has 2 aromatic rings. The van der Waals surface area contributed by atoms with Gasteiger partial charge in [0.05, 0.1) is 5.69 Å². The first-order valence-corrected chi connectivity index (χ1v) is 6.71. The summed E-state index contributed by atoms with van der Waals surface area (Å²) >= 11 is 3.57. The summed E-state index contributed by atoms with van der Waals surface area (Å²) < 4.78 is 3.26. The van der Waals surface area contributed by atoms with Crippen LogP contribution in [0.15, 0.2) is 16.7 Å². The van der Waals surface area contributed by atoms with Crippen LogP contribution in [0.4, 0.5) is 0 Å². The Hall–Kier alpha value is -0.870. The normalized spacial score (nSPS) is 11.6. The Labute approximate surface area is 110 Å². The monoisotopic (exact) mass is 295 g/mol. The lowest BCUT2D eigenvalue weighted by atomic mass is 10.1. The van der Waals surface area contributed by atoms with Crippen LogP contribution in [-0.2, 0) is 6.42 Å². The van der Waals surface area contributed by atoms with Gasteiger partial charge in [0, 0.05) is 22.8 Å².